The highest BCUT2D eigenvalue weighted by Gasteiger charge is 2.16. The van der Waals surface area contributed by atoms with Gasteiger partial charge in [-0.05, 0) is 36.5 Å². The summed E-state index contributed by atoms with van der Waals surface area (Å²) < 4.78 is 0. The molecule has 2 aromatic carbocycles. The fourth-order valence-electron chi connectivity index (χ4n) is 3.54. The maximum atomic E-state index is 6.13. The largest absolute Gasteiger partial charge is 0.377 e. The number of H-pyrrole nitrogens is 1. The van der Waals surface area contributed by atoms with Crippen LogP contribution in [-0.4, -0.2) is 30.3 Å². The van der Waals surface area contributed by atoms with Gasteiger partial charge in [0.25, 0.3) is 0 Å². The van der Waals surface area contributed by atoms with Crippen molar-refractivity contribution in [3.63, 3.8) is 0 Å². The number of benzene rings is 2. The van der Waals surface area contributed by atoms with Crippen LogP contribution in [0.4, 0.5) is 5.69 Å². The molecule has 0 aliphatic carbocycles. The molecule has 0 bridgehead atoms. The number of hydrogen-bond donors (Lipinski definition) is 2. The van der Waals surface area contributed by atoms with Gasteiger partial charge >= 0.3 is 0 Å². The summed E-state index contributed by atoms with van der Waals surface area (Å²) in [6.07, 6.45) is 2.95. The van der Waals surface area contributed by atoms with E-state index in [1.165, 1.54) is 22.4 Å². The minimum Gasteiger partial charge on any atom is -0.377 e. The van der Waals surface area contributed by atoms with Crippen molar-refractivity contribution >= 4 is 16.6 Å². The predicted octanol–water partition coefficient (Wildman–Crippen LogP) is 4.14. The highest BCUT2D eigenvalue weighted by Crippen LogP contribution is 2.36. The molecule has 0 amide bonds. The molecule has 0 radical (unpaired) electrons. The fraction of sp³-hybridized carbons (Fsp3) is 0.350. The topological polar surface area (TPSA) is 57.9 Å². The van der Waals surface area contributed by atoms with Gasteiger partial charge in [0.1, 0.15) is 0 Å². The number of nitrogens with two attached hydrogens (primary N) is 1. The molecule has 0 spiro atoms. The number of rotatable bonds is 5. The summed E-state index contributed by atoms with van der Waals surface area (Å²) in [4.78, 5) is 2.15. The Kier molecular flexibility index (Phi) is 4.58. The van der Waals surface area contributed by atoms with Crippen molar-refractivity contribution < 1.29 is 0 Å². The van der Waals surface area contributed by atoms with E-state index >= 15 is 0 Å². The van der Waals surface area contributed by atoms with Crippen molar-refractivity contribution in [3.8, 4) is 11.1 Å². The Hall–Kier alpha value is -2.33. The molecule has 0 aliphatic rings. The highest BCUT2D eigenvalue weighted by atomic mass is 15.1. The van der Waals surface area contributed by atoms with Crippen molar-refractivity contribution in [1.29, 1.82) is 0 Å². The van der Waals surface area contributed by atoms with E-state index in [0.29, 0.717) is 5.92 Å². The van der Waals surface area contributed by atoms with Crippen LogP contribution in [0.25, 0.3) is 22.0 Å². The molecular weight excluding hydrogens is 296 g/mol. The molecular formula is C20H26N4. The average Bonchev–Trinajstić information content (AvgIpc) is 3.03. The lowest BCUT2D eigenvalue weighted by Crippen LogP contribution is -2.24. The van der Waals surface area contributed by atoms with E-state index in [1.807, 2.05) is 6.20 Å². The van der Waals surface area contributed by atoms with E-state index in [4.69, 9.17) is 5.73 Å². The number of nitrogens with one attached hydrogen (secondary N) is 1. The molecule has 3 N–H and O–H groups in total. The van der Waals surface area contributed by atoms with Crippen LogP contribution in [0.5, 0.6) is 0 Å². The molecule has 0 saturated heterocycles. The lowest BCUT2D eigenvalue weighted by atomic mass is 9.89. The van der Waals surface area contributed by atoms with Gasteiger partial charge in [-0.15, -0.1) is 0 Å². The molecule has 0 saturated carbocycles. The number of nitrogens with zero attached hydrogens (tertiary/aromatic N) is 2. The van der Waals surface area contributed by atoms with E-state index in [0.717, 1.165) is 17.3 Å². The van der Waals surface area contributed by atoms with Crippen LogP contribution in [0.1, 0.15) is 31.7 Å². The highest BCUT2D eigenvalue weighted by molar-refractivity contribution is 6.00. The lowest BCUT2D eigenvalue weighted by molar-refractivity contribution is 0.553. The van der Waals surface area contributed by atoms with Crippen LogP contribution in [0, 0.1) is 0 Å². The molecule has 3 rings (SSSR count). The first kappa shape index (κ1) is 16.5. The van der Waals surface area contributed by atoms with Gasteiger partial charge in [-0.1, -0.05) is 37.3 Å². The molecule has 0 fully saturated rings. The molecule has 1 heterocycles. The Labute approximate surface area is 143 Å². The number of hydrogen-bond acceptors (Lipinski definition) is 3. The summed E-state index contributed by atoms with van der Waals surface area (Å²) in [6.45, 7) is 4.28. The quantitative estimate of drug-likeness (QED) is 0.742. The Morgan fingerprint density at radius 1 is 1.12 bits per heavy atom. The summed E-state index contributed by atoms with van der Waals surface area (Å²) in [6, 6.07) is 13.3. The maximum absolute atomic E-state index is 6.13. The van der Waals surface area contributed by atoms with Gasteiger partial charge in [-0.25, -0.2) is 0 Å². The first-order valence-electron chi connectivity index (χ1n) is 8.52. The lowest BCUT2D eigenvalue weighted by Gasteiger charge is -2.21. The summed E-state index contributed by atoms with van der Waals surface area (Å²) >= 11 is 0. The molecule has 4 heteroatoms. The Balaban J connectivity index is 2.06. The van der Waals surface area contributed by atoms with Gasteiger partial charge in [-0.2, -0.15) is 5.10 Å². The zero-order chi connectivity index (χ0) is 17.3. The number of aromatic amines is 1. The first-order chi connectivity index (χ1) is 11.5. The van der Waals surface area contributed by atoms with Gasteiger partial charge in [-0.3, -0.25) is 5.10 Å². The third kappa shape index (κ3) is 2.89. The van der Waals surface area contributed by atoms with Crippen molar-refractivity contribution in [2.75, 3.05) is 19.0 Å². The average molecular weight is 322 g/mol. The molecule has 3 aromatic rings. The van der Waals surface area contributed by atoms with Crippen LogP contribution >= 0.6 is 0 Å². The predicted molar refractivity (Wildman–Crippen MR) is 103 cm³/mol. The first-order valence-corrected chi connectivity index (χ1v) is 8.52. The van der Waals surface area contributed by atoms with E-state index in [2.05, 4.69) is 79.4 Å². The smallest absolute Gasteiger partial charge is 0.0671 e. The van der Waals surface area contributed by atoms with Crippen LogP contribution in [0.15, 0.2) is 42.6 Å². The third-order valence-electron chi connectivity index (χ3n) is 4.77. The van der Waals surface area contributed by atoms with E-state index in [-0.39, 0.29) is 6.04 Å². The Morgan fingerprint density at radius 3 is 2.42 bits per heavy atom. The molecule has 4 nitrogen and oxygen atoms in total. The molecule has 2 unspecified atom stereocenters. The fourth-order valence-corrected chi connectivity index (χ4v) is 3.54. The molecule has 24 heavy (non-hydrogen) atoms. The second-order valence-electron chi connectivity index (χ2n) is 6.68. The molecule has 0 aliphatic heterocycles. The second-order valence-corrected chi connectivity index (χ2v) is 6.68. The standard InChI is InChI=1S/C20H26N4/c1-5-16(13(2)21)14-6-8-15(9-7-14)17-10-11-19-18(12-22-23-19)20(17)24(3)4/h6-13,16H,5,21H2,1-4H3,(H,22,23). The summed E-state index contributed by atoms with van der Waals surface area (Å²) in [5.41, 5.74) is 12.1. The van der Waals surface area contributed by atoms with Gasteiger partial charge in [0.2, 0.25) is 0 Å². The van der Waals surface area contributed by atoms with Crippen molar-refractivity contribution in [2.45, 2.75) is 32.2 Å². The van der Waals surface area contributed by atoms with Crippen LogP contribution in [-0.2, 0) is 0 Å². The zero-order valence-corrected chi connectivity index (χ0v) is 14.9. The van der Waals surface area contributed by atoms with Crippen LogP contribution < -0.4 is 10.6 Å². The SMILES string of the molecule is CCC(c1ccc(-c2ccc3[nH]ncc3c2N(C)C)cc1)C(C)N. The van der Waals surface area contributed by atoms with Crippen LogP contribution in [0.2, 0.25) is 0 Å². The molecule has 126 valence electrons. The summed E-state index contributed by atoms with van der Waals surface area (Å²) in [5, 5.41) is 8.37. The normalized spacial score (nSPS) is 13.9. The summed E-state index contributed by atoms with van der Waals surface area (Å²) in [5.74, 6) is 0.406. The number of anilines is 1. The van der Waals surface area contributed by atoms with Crippen molar-refractivity contribution in [3.05, 3.63) is 48.2 Å². The molecule has 2 atom stereocenters. The number of aromatic nitrogens is 2. The Morgan fingerprint density at radius 2 is 1.83 bits per heavy atom. The third-order valence-corrected chi connectivity index (χ3v) is 4.77. The van der Waals surface area contributed by atoms with E-state index in [9.17, 15) is 0 Å². The van der Waals surface area contributed by atoms with Gasteiger partial charge in [0.15, 0.2) is 0 Å². The zero-order valence-electron chi connectivity index (χ0n) is 14.9. The number of fused-ring (bicyclic) bond motifs is 1. The van der Waals surface area contributed by atoms with E-state index in [1.54, 1.807) is 0 Å². The second kappa shape index (κ2) is 6.65. The van der Waals surface area contributed by atoms with Crippen molar-refractivity contribution in [1.82, 2.24) is 10.2 Å². The van der Waals surface area contributed by atoms with Crippen LogP contribution in [0.3, 0.4) is 0 Å². The van der Waals surface area contributed by atoms with E-state index < -0.39 is 0 Å². The van der Waals surface area contributed by atoms with Gasteiger partial charge in [0.05, 0.1) is 17.4 Å². The van der Waals surface area contributed by atoms with Crippen molar-refractivity contribution in [2.24, 2.45) is 5.73 Å². The maximum Gasteiger partial charge on any atom is 0.0671 e. The Bertz CT molecular complexity index is 815. The molecule has 1 aromatic heterocycles. The minimum atomic E-state index is 0.167. The van der Waals surface area contributed by atoms with Gasteiger partial charge < -0.3 is 10.6 Å². The summed E-state index contributed by atoms with van der Waals surface area (Å²) in [7, 11) is 4.14. The monoisotopic (exact) mass is 322 g/mol. The minimum absolute atomic E-state index is 0.167. The van der Waals surface area contributed by atoms with Gasteiger partial charge in [0, 0.05) is 31.1 Å².